The van der Waals surface area contributed by atoms with E-state index in [0.29, 0.717) is 11.8 Å². The van der Waals surface area contributed by atoms with Crippen molar-refractivity contribution in [1.82, 2.24) is 0 Å². The maximum atomic E-state index is 12.5. The summed E-state index contributed by atoms with van der Waals surface area (Å²) in [4.78, 5) is 42.3. The number of hydrogen-bond acceptors (Lipinski definition) is 8. The minimum absolute atomic E-state index is 0.189. The van der Waals surface area contributed by atoms with E-state index in [1.165, 1.54) is 25.1 Å². The van der Waals surface area contributed by atoms with Crippen LogP contribution in [0.1, 0.15) is 6.92 Å². The molecule has 2 aromatic rings. The lowest BCUT2D eigenvalue weighted by Gasteiger charge is -2.09. The van der Waals surface area contributed by atoms with E-state index >= 15 is 0 Å². The molecular formula is C16H14N4O8S. The highest BCUT2D eigenvalue weighted by Gasteiger charge is 2.30. The molecule has 2 N–H and O–H groups in total. The van der Waals surface area contributed by atoms with Gasteiger partial charge in [-0.25, -0.2) is 8.42 Å². The molecule has 0 aliphatic rings. The minimum atomic E-state index is -4.47. The van der Waals surface area contributed by atoms with E-state index in [2.05, 4.69) is 10.6 Å². The van der Waals surface area contributed by atoms with Gasteiger partial charge in [0, 0.05) is 24.4 Å². The van der Waals surface area contributed by atoms with Crippen molar-refractivity contribution in [3.8, 4) is 0 Å². The Morgan fingerprint density at radius 2 is 1.59 bits per heavy atom. The highest BCUT2D eigenvalue weighted by molar-refractivity contribution is 7.92. The van der Waals surface area contributed by atoms with Gasteiger partial charge in [-0.15, -0.1) is 0 Å². The molecule has 0 saturated carbocycles. The summed E-state index contributed by atoms with van der Waals surface area (Å²) in [6.45, 7) is 1.29. The van der Waals surface area contributed by atoms with Crippen LogP contribution >= 0.6 is 0 Å². The standard InChI is InChI=1S/C16H14N4O8S/c1-10(21)17-11-3-2-4-12(7-11)18-16(22)9-29(27,28)15-6-5-13(19(23)24)8-14(15)20(25)26/h2-8H,9H2,1H3,(H,17,21)(H,18,22). The Morgan fingerprint density at radius 1 is 0.966 bits per heavy atom. The first-order valence-corrected chi connectivity index (χ1v) is 9.48. The third kappa shape index (κ3) is 5.55. The Labute approximate surface area is 163 Å². The number of rotatable bonds is 7. The second kappa shape index (κ2) is 8.43. The Morgan fingerprint density at radius 3 is 2.14 bits per heavy atom. The van der Waals surface area contributed by atoms with Gasteiger partial charge in [-0.3, -0.25) is 29.8 Å². The topological polar surface area (TPSA) is 179 Å². The summed E-state index contributed by atoms with van der Waals surface area (Å²) in [5, 5.41) is 26.7. The second-order valence-corrected chi connectivity index (χ2v) is 7.69. The molecule has 0 atom stereocenters. The molecule has 0 aromatic heterocycles. The van der Waals surface area contributed by atoms with Gasteiger partial charge in [0.25, 0.3) is 11.4 Å². The van der Waals surface area contributed by atoms with Crippen LogP contribution in [0, 0.1) is 20.2 Å². The van der Waals surface area contributed by atoms with E-state index in [0.717, 1.165) is 12.1 Å². The number of nitro groups is 2. The van der Waals surface area contributed by atoms with Crippen molar-refractivity contribution in [2.45, 2.75) is 11.8 Å². The second-order valence-electron chi connectivity index (χ2n) is 5.74. The molecule has 13 heteroatoms. The summed E-state index contributed by atoms with van der Waals surface area (Å²) in [6, 6.07) is 7.93. The van der Waals surface area contributed by atoms with Crippen LogP contribution in [0.15, 0.2) is 47.4 Å². The van der Waals surface area contributed by atoms with Gasteiger partial charge in [0.2, 0.25) is 11.8 Å². The van der Waals surface area contributed by atoms with E-state index in [4.69, 9.17) is 0 Å². The van der Waals surface area contributed by atoms with Crippen molar-refractivity contribution in [1.29, 1.82) is 0 Å². The van der Waals surface area contributed by atoms with Gasteiger partial charge in [0.05, 0.1) is 15.9 Å². The number of nitrogens with zero attached hydrogens (tertiary/aromatic N) is 2. The van der Waals surface area contributed by atoms with Crippen LogP contribution in [0.25, 0.3) is 0 Å². The summed E-state index contributed by atoms with van der Waals surface area (Å²) < 4.78 is 24.9. The van der Waals surface area contributed by atoms with Crippen LogP contribution in [0.3, 0.4) is 0 Å². The average molecular weight is 422 g/mol. The van der Waals surface area contributed by atoms with Gasteiger partial charge in [-0.05, 0) is 24.3 Å². The number of carbonyl (C=O) groups is 2. The van der Waals surface area contributed by atoms with Gasteiger partial charge in [-0.1, -0.05) is 6.07 Å². The minimum Gasteiger partial charge on any atom is -0.326 e. The van der Waals surface area contributed by atoms with Crippen LogP contribution in [0.5, 0.6) is 0 Å². The molecule has 0 spiro atoms. The first-order valence-electron chi connectivity index (χ1n) is 7.82. The fraction of sp³-hybridized carbons (Fsp3) is 0.125. The Kier molecular flexibility index (Phi) is 6.23. The maximum Gasteiger partial charge on any atom is 0.294 e. The average Bonchev–Trinajstić information content (AvgIpc) is 2.60. The lowest BCUT2D eigenvalue weighted by atomic mass is 10.2. The monoisotopic (exact) mass is 422 g/mol. The van der Waals surface area contributed by atoms with Crippen LogP contribution < -0.4 is 10.6 Å². The lowest BCUT2D eigenvalue weighted by Crippen LogP contribution is -2.23. The van der Waals surface area contributed by atoms with Gasteiger partial charge in [0.15, 0.2) is 9.84 Å². The van der Waals surface area contributed by atoms with Crippen molar-refractivity contribution in [3.05, 3.63) is 62.7 Å². The molecule has 12 nitrogen and oxygen atoms in total. The molecule has 152 valence electrons. The molecule has 0 radical (unpaired) electrons. The molecule has 0 heterocycles. The number of sulfone groups is 1. The number of hydrogen-bond donors (Lipinski definition) is 2. The maximum absolute atomic E-state index is 12.5. The van der Waals surface area contributed by atoms with E-state index < -0.39 is 47.6 Å². The number of anilines is 2. The smallest absolute Gasteiger partial charge is 0.294 e. The Balaban J connectivity index is 2.25. The molecule has 0 bridgehead atoms. The largest absolute Gasteiger partial charge is 0.326 e. The molecular weight excluding hydrogens is 408 g/mol. The van der Waals surface area contributed by atoms with E-state index in [1.54, 1.807) is 6.07 Å². The predicted molar refractivity (Wildman–Crippen MR) is 101 cm³/mol. The van der Waals surface area contributed by atoms with Crippen molar-refractivity contribution in [2.75, 3.05) is 16.4 Å². The lowest BCUT2D eigenvalue weighted by molar-refractivity contribution is -0.396. The van der Waals surface area contributed by atoms with Gasteiger partial charge >= 0.3 is 0 Å². The van der Waals surface area contributed by atoms with Crippen molar-refractivity contribution >= 4 is 44.4 Å². The third-order valence-corrected chi connectivity index (χ3v) is 5.13. The Hall–Kier alpha value is -3.87. The first kappa shape index (κ1) is 21.4. The highest BCUT2D eigenvalue weighted by atomic mass is 32.2. The van der Waals surface area contributed by atoms with Crippen molar-refractivity contribution in [3.63, 3.8) is 0 Å². The fourth-order valence-corrected chi connectivity index (χ4v) is 3.65. The predicted octanol–water partition coefficient (Wildman–Crippen LogP) is 1.87. The molecule has 2 aromatic carbocycles. The summed E-state index contributed by atoms with van der Waals surface area (Å²) in [5.74, 6) is -2.46. The zero-order valence-electron chi connectivity index (χ0n) is 14.8. The van der Waals surface area contributed by atoms with Crippen molar-refractivity contribution in [2.24, 2.45) is 0 Å². The molecule has 0 aliphatic carbocycles. The van der Waals surface area contributed by atoms with Crippen LogP contribution in [0.4, 0.5) is 22.7 Å². The van der Waals surface area contributed by atoms with Crippen LogP contribution in [-0.4, -0.2) is 35.8 Å². The van der Waals surface area contributed by atoms with Crippen LogP contribution in [0.2, 0.25) is 0 Å². The number of nitro benzene ring substituents is 2. The van der Waals surface area contributed by atoms with E-state index in [-0.39, 0.29) is 11.6 Å². The summed E-state index contributed by atoms with van der Waals surface area (Å²) in [5.41, 5.74) is -1.10. The third-order valence-electron chi connectivity index (χ3n) is 3.47. The summed E-state index contributed by atoms with van der Waals surface area (Å²) >= 11 is 0. The zero-order chi connectivity index (χ0) is 21.8. The van der Waals surface area contributed by atoms with Gasteiger partial charge in [0.1, 0.15) is 10.6 Å². The molecule has 29 heavy (non-hydrogen) atoms. The van der Waals surface area contributed by atoms with E-state index in [9.17, 15) is 38.2 Å². The van der Waals surface area contributed by atoms with E-state index in [1.807, 2.05) is 0 Å². The Bertz CT molecular complexity index is 1110. The number of benzene rings is 2. The molecule has 2 rings (SSSR count). The zero-order valence-corrected chi connectivity index (χ0v) is 15.6. The number of nitrogens with one attached hydrogen (secondary N) is 2. The highest BCUT2D eigenvalue weighted by Crippen LogP contribution is 2.29. The number of amides is 2. The molecule has 0 fully saturated rings. The first-order chi connectivity index (χ1) is 13.5. The molecule has 2 amide bonds. The quantitative estimate of drug-likeness (QED) is 0.501. The summed E-state index contributed by atoms with van der Waals surface area (Å²) in [7, 11) is -4.47. The molecule has 0 saturated heterocycles. The number of carbonyl (C=O) groups excluding carboxylic acids is 2. The van der Waals surface area contributed by atoms with Crippen molar-refractivity contribution < 1.29 is 27.9 Å². The fourth-order valence-electron chi connectivity index (χ4n) is 2.35. The molecule has 0 unspecified atom stereocenters. The SMILES string of the molecule is CC(=O)Nc1cccc(NC(=O)CS(=O)(=O)c2ccc([N+](=O)[O-])cc2[N+](=O)[O-])c1. The number of non-ortho nitro benzene ring substituents is 1. The summed E-state index contributed by atoms with van der Waals surface area (Å²) in [6.07, 6.45) is 0. The van der Waals surface area contributed by atoms with Gasteiger partial charge in [-0.2, -0.15) is 0 Å². The van der Waals surface area contributed by atoms with Crippen LogP contribution in [-0.2, 0) is 19.4 Å². The molecule has 0 aliphatic heterocycles. The van der Waals surface area contributed by atoms with Gasteiger partial charge < -0.3 is 10.6 Å². The normalized spacial score (nSPS) is 10.8.